The number of hydrogen-bond acceptors (Lipinski definition) is 5. The summed E-state index contributed by atoms with van der Waals surface area (Å²) >= 11 is 0. The fourth-order valence-corrected chi connectivity index (χ4v) is 2.18. The summed E-state index contributed by atoms with van der Waals surface area (Å²) in [5, 5.41) is 3.82. The van der Waals surface area contributed by atoms with E-state index < -0.39 is 0 Å². The van der Waals surface area contributed by atoms with Crippen LogP contribution in [0, 0.1) is 13.8 Å². The highest BCUT2D eigenvalue weighted by atomic mass is 16.5. The summed E-state index contributed by atoms with van der Waals surface area (Å²) in [6.45, 7) is 10.8. The van der Waals surface area contributed by atoms with Gasteiger partial charge in [0.25, 0.3) is 0 Å². The summed E-state index contributed by atoms with van der Waals surface area (Å²) in [6, 6.07) is 4.09. The third-order valence-corrected chi connectivity index (χ3v) is 3.50. The maximum Gasteiger partial charge on any atom is 0.240 e. The molecule has 0 aromatic carbocycles. The first-order valence-corrected chi connectivity index (χ1v) is 7.16. The van der Waals surface area contributed by atoms with Gasteiger partial charge in [-0.05, 0) is 45.5 Å². The monoisotopic (exact) mass is 277 g/mol. The van der Waals surface area contributed by atoms with Crippen LogP contribution in [0.15, 0.2) is 21.1 Å². The van der Waals surface area contributed by atoms with Crippen molar-refractivity contribution in [2.75, 3.05) is 13.1 Å². The molecule has 0 saturated carbocycles. The van der Waals surface area contributed by atoms with Gasteiger partial charge in [0.05, 0.1) is 6.54 Å². The number of aryl methyl sites for hydroxylation is 2. The van der Waals surface area contributed by atoms with Gasteiger partial charge in [-0.3, -0.25) is 4.90 Å². The number of furan rings is 1. The van der Waals surface area contributed by atoms with Gasteiger partial charge in [0.2, 0.25) is 5.89 Å². The topological polar surface area (TPSA) is 55.3 Å². The summed E-state index contributed by atoms with van der Waals surface area (Å²) in [6.07, 6.45) is 1.05. The molecule has 1 atom stereocenters. The van der Waals surface area contributed by atoms with Crippen LogP contribution in [0.4, 0.5) is 0 Å². The normalized spacial score (nSPS) is 13.1. The average molecular weight is 277 g/mol. The molecule has 0 bridgehead atoms. The van der Waals surface area contributed by atoms with Crippen molar-refractivity contribution in [3.8, 4) is 0 Å². The van der Waals surface area contributed by atoms with Crippen LogP contribution in [0.5, 0.6) is 0 Å². The maximum atomic E-state index is 5.67. The van der Waals surface area contributed by atoms with Crippen molar-refractivity contribution in [2.45, 2.75) is 46.6 Å². The molecule has 2 aromatic rings. The van der Waals surface area contributed by atoms with Crippen molar-refractivity contribution < 1.29 is 8.94 Å². The van der Waals surface area contributed by atoms with E-state index in [0.29, 0.717) is 24.2 Å². The zero-order valence-corrected chi connectivity index (χ0v) is 12.7. The van der Waals surface area contributed by atoms with E-state index in [9.17, 15) is 0 Å². The predicted octanol–water partition coefficient (Wildman–Crippen LogP) is 3.30. The number of hydrogen-bond donors (Lipinski definition) is 0. The second-order valence-electron chi connectivity index (χ2n) is 5.24. The Kier molecular flexibility index (Phi) is 4.95. The van der Waals surface area contributed by atoms with Crippen molar-refractivity contribution >= 4 is 0 Å². The highest BCUT2D eigenvalue weighted by Gasteiger charge is 2.14. The van der Waals surface area contributed by atoms with Crippen molar-refractivity contribution in [3.63, 3.8) is 0 Å². The summed E-state index contributed by atoms with van der Waals surface area (Å²) in [7, 11) is 0. The van der Waals surface area contributed by atoms with Gasteiger partial charge in [-0.25, -0.2) is 0 Å². The van der Waals surface area contributed by atoms with Gasteiger partial charge in [0, 0.05) is 5.92 Å². The molecule has 110 valence electrons. The SMILES string of the molecule is CCN(CCC(C)c1ccc(C)o1)Cc1nc(C)no1. The highest BCUT2D eigenvalue weighted by Crippen LogP contribution is 2.21. The van der Waals surface area contributed by atoms with E-state index in [-0.39, 0.29) is 0 Å². The smallest absolute Gasteiger partial charge is 0.240 e. The van der Waals surface area contributed by atoms with Gasteiger partial charge in [-0.1, -0.05) is 19.0 Å². The second-order valence-corrected chi connectivity index (χ2v) is 5.24. The lowest BCUT2D eigenvalue weighted by molar-refractivity contribution is 0.227. The third-order valence-electron chi connectivity index (χ3n) is 3.50. The standard InChI is InChI=1S/C15H23N3O2/c1-5-18(10-15-16-13(4)17-20-15)9-8-11(2)14-7-6-12(3)19-14/h6-7,11H,5,8-10H2,1-4H3. The molecule has 0 saturated heterocycles. The van der Waals surface area contributed by atoms with Crippen molar-refractivity contribution in [1.29, 1.82) is 0 Å². The van der Waals surface area contributed by atoms with Gasteiger partial charge < -0.3 is 8.94 Å². The van der Waals surface area contributed by atoms with Gasteiger partial charge in [0.1, 0.15) is 11.5 Å². The van der Waals surface area contributed by atoms with E-state index in [0.717, 1.165) is 31.0 Å². The molecule has 0 N–H and O–H groups in total. The minimum Gasteiger partial charge on any atom is -0.466 e. The average Bonchev–Trinajstić information content (AvgIpc) is 3.03. The fraction of sp³-hybridized carbons (Fsp3) is 0.600. The van der Waals surface area contributed by atoms with Crippen LogP contribution in [0.1, 0.15) is 49.4 Å². The van der Waals surface area contributed by atoms with Crippen LogP contribution in [0.25, 0.3) is 0 Å². The third kappa shape index (κ3) is 3.93. The van der Waals surface area contributed by atoms with Crippen molar-refractivity contribution in [1.82, 2.24) is 15.0 Å². The number of aromatic nitrogens is 2. The lowest BCUT2D eigenvalue weighted by atomic mass is 10.1. The van der Waals surface area contributed by atoms with E-state index in [2.05, 4.69) is 35.0 Å². The zero-order chi connectivity index (χ0) is 14.5. The number of nitrogens with zero attached hydrogens (tertiary/aromatic N) is 3. The minimum atomic E-state index is 0.419. The lowest BCUT2D eigenvalue weighted by Crippen LogP contribution is -2.25. The van der Waals surface area contributed by atoms with Crippen LogP contribution >= 0.6 is 0 Å². The van der Waals surface area contributed by atoms with E-state index in [4.69, 9.17) is 8.94 Å². The first-order chi connectivity index (χ1) is 9.58. The molecule has 2 heterocycles. The molecule has 0 aliphatic rings. The maximum absolute atomic E-state index is 5.67. The van der Waals surface area contributed by atoms with Crippen LogP contribution in [0.2, 0.25) is 0 Å². The summed E-state index contributed by atoms with van der Waals surface area (Å²) in [4.78, 5) is 6.55. The molecule has 2 rings (SSSR count). The van der Waals surface area contributed by atoms with E-state index in [1.807, 2.05) is 19.9 Å². The zero-order valence-electron chi connectivity index (χ0n) is 12.7. The van der Waals surface area contributed by atoms with Crippen LogP contribution in [-0.4, -0.2) is 28.1 Å². The minimum absolute atomic E-state index is 0.419. The van der Waals surface area contributed by atoms with Gasteiger partial charge in [-0.15, -0.1) is 0 Å². The summed E-state index contributed by atoms with van der Waals surface area (Å²) < 4.78 is 10.8. The largest absolute Gasteiger partial charge is 0.466 e. The molecule has 0 fully saturated rings. The molecule has 2 aromatic heterocycles. The molecule has 0 radical (unpaired) electrons. The molecule has 0 amide bonds. The fourth-order valence-electron chi connectivity index (χ4n) is 2.18. The van der Waals surface area contributed by atoms with Crippen molar-refractivity contribution in [3.05, 3.63) is 35.4 Å². The molecule has 1 unspecified atom stereocenters. The lowest BCUT2D eigenvalue weighted by Gasteiger charge is -2.19. The predicted molar refractivity (Wildman–Crippen MR) is 76.5 cm³/mol. The Bertz CT molecular complexity index is 533. The van der Waals surface area contributed by atoms with Crippen LogP contribution in [0.3, 0.4) is 0 Å². The quantitative estimate of drug-likeness (QED) is 0.777. The van der Waals surface area contributed by atoms with Crippen LogP contribution in [-0.2, 0) is 6.54 Å². The molecular formula is C15H23N3O2. The van der Waals surface area contributed by atoms with Crippen molar-refractivity contribution in [2.24, 2.45) is 0 Å². The highest BCUT2D eigenvalue weighted by molar-refractivity contribution is 5.09. The second kappa shape index (κ2) is 6.70. The summed E-state index contributed by atoms with van der Waals surface area (Å²) in [5.41, 5.74) is 0. The molecule has 0 aliphatic heterocycles. The Morgan fingerprint density at radius 1 is 1.30 bits per heavy atom. The molecule has 5 heteroatoms. The Balaban J connectivity index is 1.84. The van der Waals surface area contributed by atoms with E-state index >= 15 is 0 Å². The number of rotatable bonds is 7. The van der Waals surface area contributed by atoms with Crippen LogP contribution < -0.4 is 0 Å². The first kappa shape index (κ1) is 14.8. The Morgan fingerprint density at radius 2 is 2.10 bits per heavy atom. The molecule has 0 spiro atoms. The first-order valence-electron chi connectivity index (χ1n) is 7.16. The Morgan fingerprint density at radius 3 is 2.65 bits per heavy atom. The Labute approximate surface area is 120 Å². The Hall–Kier alpha value is -1.62. The van der Waals surface area contributed by atoms with Gasteiger partial charge in [0.15, 0.2) is 5.82 Å². The van der Waals surface area contributed by atoms with Gasteiger partial charge in [-0.2, -0.15) is 4.98 Å². The van der Waals surface area contributed by atoms with E-state index in [1.54, 1.807) is 0 Å². The van der Waals surface area contributed by atoms with Gasteiger partial charge >= 0.3 is 0 Å². The van der Waals surface area contributed by atoms with E-state index in [1.165, 1.54) is 0 Å². The summed E-state index contributed by atoms with van der Waals surface area (Å²) in [5.74, 6) is 3.83. The molecule has 0 aliphatic carbocycles. The molecular weight excluding hydrogens is 254 g/mol. The molecule has 5 nitrogen and oxygen atoms in total. The molecule has 20 heavy (non-hydrogen) atoms.